The van der Waals surface area contributed by atoms with Gasteiger partial charge in [0.15, 0.2) is 0 Å². The number of hydrogen-bond acceptors (Lipinski definition) is 8. The molecule has 0 fully saturated rings. The first-order valence-corrected chi connectivity index (χ1v) is 7.38. The molecule has 0 unspecified atom stereocenters. The number of nitrogen functional groups attached to an aromatic ring is 1. The smallest absolute Gasteiger partial charge is 0.223 e. The monoisotopic (exact) mass is 323 g/mol. The Labute approximate surface area is 138 Å². The predicted molar refractivity (Wildman–Crippen MR) is 92.1 cm³/mol. The number of benzene rings is 1. The summed E-state index contributed by atoms with van der Waals surface area (Å²) in [6.07, 6.45) is 5.56. The maximum absolute atomic E-state index is 9.28. The van der Waals surface area contributed by atoms with E-state index in [-0.39, 0.29) is 11.7 Å². The van der Waals surface area contributed by atoms with E-state index in [9.17, 15) is 5.11 Å². The fourth-order valence-corrected chi connectivity index (χ4v) is 2.11. The average molecular weight is 323 g/mol. The number of nitrogens with one attached hydrogen (secondary N) is 2. The third-order valence-electron chi connectivity index (χ3n) is 3.22. The Kier molecular flexibility index (Phi) is 4.66. The third kappa shape index (κ3) is 4.29. The van der Waals surface area contributed by atoms with E-state index >= 15 is 0 Å². The molecule has 2 heterocycles. The average Bonchev–Trinajstić information content (AvgIpc) is 2.57. The van der Waals surface area contributed by atoms with Gasteiger partial charge in [-0.1, -0.05) is 12.1 Å². The first-order valence-electron chi connectivity index (χ1n) is 7.38. The second-order valence-corrected chi connectivity index (χ2v) is 5.06. The Balaban J connectivity index is 1.62. The quantitative estimate of drug-likeness (QED) is 0.543. The molecule has 122 valence electrons. The van der Waals surface area contributed by atoms with Crippen molar-refractivity contribution in [1.29, 1.82) is 0 Å². The van der Waals surface area contributed by atoms with Crippen molar-refractivity contribution in [3.8, 4) is 5.75 Å². The largest absolute Gasteiger partial charge is 0.508 e. The number of anilines is 4. The molecule has 3 rings (SSSR count). The molecule has 0 spiro atoms. The van der Waals surface area contributed by atoms with Crippen molar-refractivity contribution >= 4 is 23.4 Å². The molecule has 8 nitrogen and oxygen atoms in total. The number of aromatic nitrogens is 4. The third-order valence-corrected chi connectivity index (χ3v) is 3.22. The first kappa shape index (κ1) is 15.5. The molecule has 0 aliphatic heterocycles. The van der Waals surface area contributed by atoms with E-state index in [0.717, 1.165) is 12.0 Å². The summed E-state index contributed by atoms with van der Waals surface area (Å²) in [6.45, 7) is 0.672. The lowest BCUT2D eigenvalue weighted by molar-refractivity contribution is 0.475. The Bertz CT molecular complexity index is 793. The molecular formula is C16H17N7O. The Morgan fingerprint density at radius 2 is 1.79 bits per heavy atom. The van der Waals surface area contributed by atoms with Crippen LogP contribution in [0.1, 0.15) is 5.56 Å². The molecule has 0 bridgehead atoms. The maximum Gasteiger partial charge on any atom is 0.223 e. The van der Waals surface area contributed by atoms with Gasteiger partial charge in [0, 0.05) is 25.0 Å². The van der Waals surface area contributed by atoms with Gasteiger partial charge in [-0.3, -0.25) is 4.98 Å². The molecule has 8 heteroatoms. The second kappa shape index (κ2) is 7.23. The Morgan fingerprint density at radius 3 is 2.54 bits per heavy atom. The van der Waals surface area contributed by atoms with E-state index in [4.69, 9.17) is 5.73 Å². The van der Waals surface area contributed by atoms with Crippen LogP contribution >= 0.6 is 0 Å². The van der Waals surface area contributed by atoms with Gasteiger partial charge in [-0.2, -0.15) is 9.97 Å². The minimum absolute atomic E-state index is 0.163. The van der Waals surface area contributed by atoms with Crippen LogP contribution < -0.4 is 16.4 Å². The maximum atomic E-state index is 9.28. The molecule has 2 aromatic heterocycles. The summed E-state index contributed by atoms with van der Waals surface area (Å²) < 4.78 is 0. The van der Waals surface area contributed by atoms with Crippen LogP contribution in [0.3, 0.4) is 0 Å². The summed E-state index contributed by atoms with van der Waals surface area (Å²) in [4.78, 5) is 16.4. The minimum Gasteiger partial charge on any atom is -0.508 e. The van der Waals surface area contributed by atoms with Gasteiger partial charge in [0.2, 0.25) is 5.95 Å². The number of nitrogens with zero attached hydrogens (tertiary/aromatic N) is 4. The van der Waals surface area contributed by atoms with Gasteiger partial charge < -0.3 is 21.5 Å². The van der Waals surface area contributed by atoms with Crippen molar-refractivity contribution < 1.29 is 5.11 Å². The molecule has 3 aromatic rings. The number of aromatic hydroxyl groups is 1. The lowest BCUT2D eigenvalue weighted by atomic mass is 10.1. The molecule has 0 aliphatic rings. The topological polar surface area (TPSA) is 122 Å². The SMILES string of the molecule is Nc1nc(NCCc2ccc(O)cc2)cc(Nc2cnccn2)n1. The van der Waals surface area contributed by atoms with Gasteiger partial charge in [-0.05, 0) is 24.1 Å². The molecule has 0 aliphatic carbocycles. The van der Waals surface area contributed by atoms with E-state index in [1.54, 1.807) is 36.8 Å². The predicted octanol–water partition coefficient (Wildman–Crippen LogP) is 1.95. The molecule has 0 saturated carbocycles. The van der Waals surface area contributed by atoms with Gasteiger partial charge in [0.05, 0.1) is 6.20 Å². The highest BCUT2D eigenvalue weighted by Gasteiger charge is 2.04. The van der Waals surface area contributed by atoms with Gasteiger partial charge in [0.25, 0.3) is 0 Å². The van der Waals surface area contributed by atoms with Crippen molar-refractivity contribution in [3.63, 3.8) is 0 Å². The first-order chi connectivity index (χ1) is 11.7. The van der Waals surface area contributed by atoms with Gasteiger partial charge in [0.1, 0.15) is 23.2 Å². The fraction of sp³-hybridized carbons (Fsp3) is 0.125. The molecule has 1 aromatic carbocycles. The summed E-state index contributed by atoms with van der Waals surface area (Å²) in [6, 6.07) is 8.85. The Hall–Kier alpha value is -3.42. The van der Waals surface area contributed by atoms with Gasteiger partial charge >= 0.3 is 0 Å². The summed E-state index contributed by atoms with van der Waals surface area (Å²) in [7, 11) is 0. The van der Waals surface area contributed by atoms with E-state index in [0.29, 0.717) is 24.0 Å². The van der Waals surface area contributed by atoms with Crippen LogP contribution in [0.5, 0.6) is 5.75 Å². The van der Waals surface area contributed by atoms with Crippen LogP contribution in [0.15, 0.2) is 48.9 Å². The zero-order chi connectivity index (χ0) is 16.8. The lowest BCUT2D eigenvalue weighted by Crippen LogP contribution is -2.09. The summed E-state index contributed by atoms with van der Waals surface area (Å²) in [5, 5.41) is 15.5. The van der Waals surface area contributed by atoms with Crippen LogP contribution in [0.2, 0.25) is 0 Å². The molecular weight excluding hydrogens is 306 g/mol. The number of rotatable bonds is 6. The van der Waals surface area contributed by atoms with Crippen LogP contribution in [0.25, 0.3) is 0 Å². The summed E-state index contributed by atoms with van der Waals surface area (Å²) in [5.74, 6) is 2.15. The van der Waals surface area contributed by atoms with Crippen molar-refractivity contribution in [3.05, 3.63) is 54.5 Å². The molecule has 0 atom stereocenters. The van der Waals surface area contributed by atoms with Crippen molar-refractivity contribution in [2.24, 2.45) is 0 Å². The highest BCUT2D eigenvalue weighted by molar-refractivity contribution is 5.57. The number of hydrogen-bond donors (Lipinski definition) is 4. The second-order valence-electron chi connectivity index (χ2n) is 5.06. The summed E-state index contributed by atoms with van der Waals surface area (Å²) in [5.41, 5.74) is 6.86. The standard InChI is InChI=1S/C16H17N7O/c17-16-22-13(19-6-5-11-1-3-12(24)4-2-11)9-14(23-16)21-15-10-18-7-8-20-15/h1-4,7-10,24H,5-6H2,(H4,17,19,20,21,22,23). The van der Waals surface area contributed by atoms with Crippen LogP contribution in [-0.4, -0.2) is 31.6 Å². The lowest BCUT2D eigenvalue weighted by Gasteiger charge is -2.09. The minimum atomic E-state index is 0.163. The summed E-state index contributed by atoms with van der Waals surface area (Å²) >= 11 is 0. The van der Waals surface area contributed by atoms with Crippen LogP contribution in [-0.2, 0) is 6.42 Å². The molecule has 0 amide bonds. The highest BCUT2D eigenvalue weighted by atomic mass is 16.3. The normalized spacial score (nSPS) is 10.3. The van der Waals surface area contributed by atoms with Crippen molar-refractivity contribution in [2.45, 2.75) is 6.42 Å². The number of nitrogens with two attached hydrogens (primary N) is 1. The van der Waals surface area contributed by atoms with E-state index < -0.39 is 0 Å². The van der Waals surface area contributed by atoms with E-state index in [1.807, 2.05) is 12.1 Å². The van der Waals surface area contributed by atoms with Gasteiger partial charge in [-0.15, -0.1) is 0 Å². The van der Waals surface area contributed by atoms with Gasteiger partial charge in [-0.25, -0.2) is 4.98 Å². The zero-order valence-corrected chi connectivity index (χ0v) is 12.8. The van der Waals surface area contributed by atoms with E-state index in [2.05, 4.69) is 30.6 Å². The molecule has 0 radical (unpaired) electrons. The molecule has 24 heavy (non-hydrogen) atoms. The molecule has 0 saturated heterocycles. The van der Waals surface area contributed by atoms with Crippen LogP contribution in [0, 0.1) is 0 Å². The van der Waals surface area contributed by atoms with Crippen LogP contribution in [0.4, 0.5) is 23.4 Å². The number of phenolic OH excluding ortho intramolecular Hbond substituents is 1. The fourth-order valence-electron chi connectivity index (χ4n) is 2.11. The molecule has 5 N–H and O–H groups in total. The number of phenols is 1. The zero-order valence-electron chi connectivity index (χ0n) is 12.8. The highest BCUT2D eigenvalue weighted by Crippen LogP contribution is 2.16. The Morgan fingerprint density at radius 1 is 1.00 bits per heavy atom. The van der Waals surface area contributed by atoms with Crippen molar-refractivity contribution in [1.82, 2.24) is 19.9 Å². The van der Waals surface area contributed by atoms with E-state index in [1.165, 1.54) is 0 Å². The van der Waals surface area contributed by atoms with Crippen molar-refractivity contribution in [2.75, 3.05) is 22.9 Å².